The molecule has 1 saturated heterocycles. The zero-order valence-electron chi connectivity index (χ0n) is 35.1. The molecule has 16 heteroatoms. The second-order valence-electron chi connectivity index (χ2n) is 15.9. The highest BCUT2D eigenvalue weighted by atomic mass is 32.1. The lowest BCUT2D eigenvalue weighted by Crippen LogP contribution is -2.31. The van der Waals surface area contributed by atoms with Crippen molar-refractivity contribution >= 4 is 80.2 Å². The van der Waals surface area contributed by atoms with Gasteiger partial charge in [-0.3, -0.25) is 4.79 Å². The summed E-state index contributed by atoms with van der Waals surface area (Å²) in [5, 5.41) is 23.8. The monoisotopic (exact) mass is 875 g/mol. The number of anilines is 4. The van der Waals surface area contributed by atoms with Crippen LogP contribution in [-0.2, 0) is 22.4 Å². The van der Waals surface area contributed by atoms with Crippen LogP contribution in [0.2, 0.25) is 0 Å². The number of aryl methyl sites for hydroxylation is 1. The number of likely N-dealkylation sites (tertiary alicyclic amines) is 1. The number of carbonyl (C=O) groups excluding carboxylic acids is 2. The van der Waals surface area contributed by atoms with Gasteiger partial charge in [0.15, 0.2) is 47.0 Å². The van der Waals surface area contributed by atoms with Gasteiger partial charge in [-0.2, -0.15) is 0 Å². The van der Waals surface area contributed by atoms with Crippen molar-refractivity contribution in [2.75, 3.05) is 36.5 Å². The van der Waals surface area contributed by atoms with Gasteiger partial charge in [-0.15, -0.1) is 21.5 Å². The molecule has 2 radical (unpaired) electrons. The molecule has 7 rings (SSSR count). The van der Waals surface area contributed by atoms with Gasteiger partial charge in [0.1, 0.15) is 0 Å². The van der Waals surface area contributed by atoms with Gasteiger partial charge in [0.05, 0.1) is 22.5 Å². The van der Waals surface area contributed by atoms with Crippen LogP contribution < -0.4 is 15.0 Å². The van der Waals surface area contributed by atoms with Gasteiger partial charge >= 0.3 is 5.97 Å². The average molecular weight is 876 g/mol. The third kappa shape index (κ3) is 11.7. The fraction of sp³-hybridized carbons (Fsp3) is 0.457. The van der Waals surface area contributed by atoms with Crippen molar-refractivity contribution in [3.8, 4) is 17.6 Å². The van der Waals surface area contributed by atoms with Gasteiger partial charge in [0, 0.05) is 54.0 Å². The highest BCUT2D eigenvalue weighted by Gasteiger charge is 2.29. The van der Waals surface area contributed by atoms with Crippen LogP contribution in [0.25, 0.3) is 10.2 Å². The largest absolute Gasteiger partial charge is 0.491 e. The number of carboxylic acids is 1. The highest BCUT2D eigenvalue weighted by Crippen LogP contribution is 2.39. The number of benzene rings is 2. The molecule has 0 aliphatic carbocycles. The first-order valence-electron chi connectivity index (χ1n) is 21.6. The summed E-state index contributed by atoms with van der Waals surface area (Å²) < 4.78 is 22.0. The van der Waals surface area contributed by atoms with Crippen molar-refractivity contribution in [1.29, 1.82) is 0 Å². The first-order valence-corrected chi connectivity index (χ1v) is 23.2. The maximum atomic E-state index is 15.1. The van der Waals surface area contributed by atoms with Crippen LogP contribution in [0.4, 0.5) is 26.3 Å². The summed E-state index contributed by atoms with van der Waals surface area (Å²) in [4.78, 5) is 49.7. The number of halogens is 1. The van der Waals surface area contributed by atoms with Gasteiger partial charge in [0.2, 0.25) is 5.91 Å². The standard InChI is InChI=1S/C46H51BFN7O5S2/c1-30-33-16-11-26-55(43(33)53-52-42(30)51-45-49-35-17-7-8-18-37(35)61-45)46-50-41(44(58)59)38(62-46)19-12-28-60-36-23-22-32(29-34(36)48)14-9-13-31-15-10-25-54(27-24-31)40(57)21-6-4-2-3-5-20-39(47)56/h7-8,17-18,22-23,29,31H,2-6,10-13,15-16,19-21,24-28H2,1H3,(H,58,59)(H,49,51,52). The number of para-hydroxylation sites is 1. The van der Waals surface area contributed by atoms with Crippen LogP contribution in [0.3, 0.4) is 0 Å². The van der Waals surface area contributed by atoms with Crippen LogP contribution in [0, 0.1) is 30.5 Å². The van der Waals surface area contributed by atoms with E-state index in [1.807, 2.05) is 41.0 Å². The van der Waals surface area contributed by atoms with Crippen LogP contribution in [-0.4, -0.2) is 81.8 Å². The summed E-state index contributed by atoms with van der Waals surface area (Å²) in [6.45, 7) is 4.34. The van der Waals surface area contributed by atoms with E-state index in [4.69, 9.17) is 12.6 Å². The molecular formula is C46H51BFN7O5S2. The normalized spacial score (nSPS) is 15.1. The Bertz CT molecular complexity index is 2420. The Morgan fingerprint density at radius 2 is 1.79 bits per heavy atom. The van der Waals surface area contributed by atoms with Crippen molar-refractivity contribution in [2.45, 2.75) is 103 Å². The Morgan fingerprint density at radius 3 is 2.60 bits per heavy atom. The minimum atomic E-state index is -1.11. The number of aromatic carboxylic acids is 1. The fourth-order valence-electron chi connectivity index (χ4n) is 7.99. The molecule has 2 N–H and O–H groups in total. The van der Waals surface area contributed by atoms with Crippen LogP contribution in [0.5, 0.6) is 5.75 Å². The molecule has 2 aromatic carbocycles. The number of aromatic nitrogens is 4. The van der Waals surface area contributed by atoms with Crippen molar-refractivity contribution in [3.63, 3.8) is 0 Å². The molecule has 2 aliphatic rings. The van der Waals surface area contributed by atoms with Gasteiger partial charge in [0.25, 0.3) is 0 Å². The Hall–Kier alpha value is -5.40. The summed E-state index contributed by atoms with van der Waals surface area (Å²) in [6.07, 6.45) is 11.7. The predicted octanol–water partition coefficient (Wildman–Crippen LogP) is 9.32. The highest BCUT2D eigenvalue weighted by molar-refractivity contribution is 7.22. The summed E-state index contributed by atoms with van der Waals surface area (Å²) in [6, 6.07) is 12.7. The van der Waals surface area contributed by atoms with Crippen molar-refractivity contribution < 1.29 is 28.6 Å². The number of hydrogen-bond acceptors (Lipinski definition) is 12. The van der Waals surface area contributed by atoms with Gasteiger partial charge in [-0.1, -0.05) is 54.6 Å². The third-order valence-corrected chi connectivity index (χ3v) is 13.5. The van der Waals surface area contributed by atoms with E-state index >= 15 is 4.39 Å². The van der Waals surface area contributed by atoms with Crippen LogP contribution in [0.1, 0.15) is 116 Å². The van der Waals surface area contributed by atoms with E-state index < -0.39 is 11.8 Å². The number of carboxylic acid groups (broad SMARTS) is 1. The third-order valence-electron chi connectivity index (χ3n) is 11.4. The van der Waals surface area contributed by atoms with E-state index in [-0.39, 0.29) is 29.6 Å². The number of rotatable bonds is 18. The maximum absolute atomic E-state index is 15.1. The summed E-state index contributed by atoms with van der Waals surface area (Å²) in [5.41, 5.74) is 3.22. The molecule has 3 aromatic heterocycles. The molecule has 0 spiro atoms. The molecule has 2 aliphatic heterocycles. The Morgan fingerprint density at radius 1 is 0.968 bits per heavy atom. The number of nitrogens with zero attached hydrogens (tertiary/aromatic N) is 6. The number of carbonyl (C=O) groups is 3. The number of fused-ring (bicyclic) bond motifs is 2. The number of ether oxygens (including phenoxy) is 1. The van der Waals surface area contributed by atoms with E-state index in [2.05, 4.69) is 37.3 Å². The number of thiazole rings is 2. The minimum absolute atomic E-state index is 0.00243. The Balaban J connectivity index is 0.870. The lowest BCUT2D eigenvalue weighted by Gasteiger charge is -2.28. The smallest absolute Gasteiger partial charge is 0.355 e. The molecular weight excluding hydrogens is 824 g/mol. The molecule has 0 bridgehead atoms. The first-order chi connectivity index (χ1) is 30.1. The number of amides is 1. The fourth-order valence-corrected chi connectivity index (χ4v) is 9.98. The minimum Gasteiger partial charge on any atom is -0.491 e. The predicted molar refractivity (Wildman–Crippen MR) is 243 cm³/mol. The van der Waals surface area contributed by atoms with Crippen LogP contribution >= 0.6 is 22.7 Å². The first kappa shape index (κ1) is 44.7. The maximum Gasteiger partial charge on any atom is 0.355 e. The molecule has 1 atom stereocenters. The SMILES string of the molecule is [B]C(=O)CCCCCCCC(=O)N1CCCC(CC#Cc2ccc(OCCCc3sc(N4CCCc5c4nnc(Nc4nc6ccccc6s4)c5C)nc3C(=O)O)c(F)c2)CC1. The summed E-state index contributed by atoms with van der Waals surface area (Å²) in [5.74, 6) is 6.75. The van der Waals surface area contributed by atoms with Crippen molar-refractivity contribution in [2.24, 2.45) is 5.92 Å². The lowest BCUT2D eigenvalue weighted by atomic mass is 9.96. The van der Waals surface area contributed by atoms with Crippen molar-refractivity contribution in [3.05, 3.63) is 75.5 Å². The Kier molecular flexibility index (Phi) is 15.6. The van der Waals surface area contributed by atoms with E-state index in [0.29, 0.717) is 71.8 Å². The zero-order valence-corrected chi connectivity index (χ0v) is 36.7. The Labute approximate surface area is 371 Å². The van der Waals surface area contributed by atoms with Gasteiger partial charge in [-0.25, -0.2) is 19.2 Å². The summed E-state index contributed by atoms with van der Waals surface area (Å²) >= 11 is 2.87. The molecule has 5 aromatic rings. The molecule has 1 amide bonds. The van der Waals surface area contributed by atoms with E-state index in [0.717, 1.165) is 104 Å². The molecule has 5 heterocycles. The molecule has 12 nitrogen and oxygen atoms in total. The second-order valence-corrected chi connectivity index (χ2v) is 18.0. The van der Waals surface area contributed by atoms with E-state index in [1.54, 1.807) is 23.5 Å². The van der Waals surface area contributed by atoms with Crippen LogP contribution in [0.15, 0.2) is 42.5 Å². The summed E-state index contributed by atoms with van der Waals surface area (Å²) in [7, 11) is 5.19. The van der Waals surface area contributed by atoms with E-state index in [1.165, 1.54) is 17.4 Å². The lowest BCUT2D eigenvalue weighted by molar-refractivity contribution is -0.131. The molecule has 1 unspecified atom stereocenters. The average Bonchev–Trinajstić information content (AvgIpc) is 3.80. The molecule has 62 heavy (non-hydrogen) atoms. The van der Waals surface area contributed by atoms with Gasteiger partial charge < -0.3 is 29.8 Å². The molecule has 1 fully saturated rings. The number of hydrogen-bond donors (Lipinski definition) is 2. The molecule has 0 saturated carbocycles. The second kappa shape index (κ2) is 21.6. The topological polar surface area (TPSA) is 151 Å². The molecule has 322 valence electrons. The number of nitrogens with one attached hydrogen (secondary N) is 1. The van der Waals surface area contributed by atoms with Crippen molar-refractivity contribution in [1.82, 2.24) is 25.1 Å². The van der Waals surface area contributed by atoms with E-state index in [9.17, 15) is 19.5 Å². The number of unbranched alkanes of at least 4 members (excludes halogenated alkanes) is 4. The zero-order chi connectivity index (χ0) is 43.4. The van der Waals surface area contributed by atoms with Gasteiger partial charge in [-0.05, 0) is 107 Å². The quantitative estimate of drug-likeness (QED) is 0.0493.